The molecule has 25 heavy (non-hydrogen) atoms. The minimum absolute atomic E-state index is 0. The maximum atomic E-state index is 12.1. The number of carbonyl (C=O) groups excluding carboxylic acids is 1. The lowest BCUT2D eigenvalue weighted by Crippen LogP contribution is -2.44. The third-order valence-corrected chi connectivity index (χ3v) is 4.10. The van der Waals surface area contributed by atoms with Gasteiger partial charge in [-0.15, -0.1) is 24.0 Å². The number of rotatable bonds is 6. The van der Waals surface area contributed by atoms with Crippen LogP contribution in [0.15, 0.2) is 23.2 Å². The first kappa shape index (κ1) is 21.8. The summed E-state index contributed by atoms with van der Waals surface area (Å²) in [7, 11) is 1.61. The summed E-state index contributed by atoms with van der Waals surface area (Å²) in [4.78, 5) is 18.5. The van der Waals surface area contributed by atoms with Crippen LogP contribution in [0.5, 0.6) is 5.75 Å². The smallest absolute Gasteiger partial charge is 0.241 e. The van der Waals surface area contributed by atoms with Crippen LogP contribution in [0.3, 0.4) is 0 Å². The van der Waals surface area contributed by atoms with E-state index in [2.05, 4.69) is 15.6 Å². The highest BCUT2D eigenvalue weighted by atomic mass is 127. The number of benzene rings is 1. The van der Waals surface area contributed by atoms with Gasteiger partial charge in [-0.3, -0.25) is 4.79 Å². The fourth-order valence-corrected chi connectivity index (χ4v) is 2.75. The average Bonchev–Trinajstić information content (AvgIpc) is 3.12. The zero-order chi connectivity index (χ0) is 17.4. The SMILES string of the molecule is CCNC(=NCc1ccc(Cl)cc1OC)NCC(=O)N1CCCC1.I. The molecule has 0 spiro atoms. The lowest BCUT2D eigenvalue weighted by atomic mass is 10.2. The molecule has 0 unspecified atom stereocenters. The summed E-state index contributed by atoms with van der Waals surface area (Å²) in [5.41, 5.74) is 0.935. The number of ether oxygens (including phenoxy) is 1. The topological polar surface area (TPSA) is 66.0 Å². The lowest BCUT2D eigenvalue weighted by Gasteiger charge is -2.17. The molecule has 0 bridgehead atoms. The predicted octanol–water partition coefficient (Wildman–Crippen LogP) is 2.64. The number of amides is 1. The Balaban J connectivity index is 0.00000312. The second-order valence-corrected chi connectivity index (χ2v) is 6.03. The van der Waals surface area contributed by atoms with Crippen molar-refractivity contribution in [3.05, 3.63) is 28.8 Å². The number of halogens is 2. The van der Waals surface area contributed by atoms with Crippen molar-refractivity contribution in [1.82, 2.24) is 15.5 Å². The molecular weight excluding hydrogens is 455 g/mol. The van der Waals surface area contributed by atoms with Crippen molar-refractivity contribution in [2.24, 2.45) is 4.99 Å². The van der Waals surface area contributed by atoms with Crippen molar-refractivity contribution in [3.8, 4) is 5.75 Å². The van der Waals surface area contributed by atoms with Gasteiger partial charge in [0.25, 0.3) is 0 Å². The molecule has 1 saturated heterocycles. The Bertz CT molecular complexity index is 592. The summed E-state index contributed by atoms with van der Waals surface area (Å²) >= 11 is 5.97. The molecule has 8 heteroatoms. The van der Waals surface area contributed by atoms with Crippen LogP contribution in [0.2, 0.25) is 5.02 Å². The van der Waals surface area contributed by atoms with Crippen LogP contribution < -0.4 is 15.4 Å². The Morgan fingerprint density at radius 3 is 2.68 bits per heavy atom. The fourth-order valence-electron chi connectivity index (χ4n) is 2.59. The molecule has 2 rings (SSSR count). The molecule has 0 radical (unpaired) electrons. The number of guanidine groups is 1. The first-order chi connectivity index (χ1) is 11.6. The molecule has 2 N–H and O–H groups in total. The van der Waals surface area contributed by atoms with Gasteiger partial charge in [0, 0.05) is 30.2 Å². The summed E-state index contributed by atoms with van der Waals surface area (Å²) in [6, 6.07) is 5.47. The van der Waals surface area contributed by atoms with Crippen LogP contribution in [0.1, 0.15) is 25.3 Å². The van der Waals surface area contributed by atoms with Crippen molar-refractivity contribution >= 4 is 47.4 Å². The molecule has 0 aliphatic carbocycles. The maximum absolute atomic E-state index is 12.1. The van der Waals surface area contributed by atoms with Crippen LogP contribution in [-0.2, 0) is 11.3 Å². The quantitative estimate of drug-likeness (QED) is 0.373. The number of methoxy groups -OCH3 is 1. The Morgan fingerprint density at radius 2 is 2.04 bits per heavy atom. The molecule has 1 aromatic rings. The number of nitrogens with zero attached hydrogens (tertiary/aromatic N) is 2. The van der Waals surface area contributed by atoms with E-state index < -0.39 is 0 Å². The van der Waals surface area contributed by atoms with Crippen LogP contribution in [0, 0.1) is 0 Å². The van der Waals surface area contributed by atoms with Gasteiger partial charge in [-0.2, -0.15) is 0 Å². The Hall–Kier alpha value is -1.22. The largest absolute Gasteiger partial charge is 0.496 e. The summed E-state index contributed by atoms with van der Waals surface area (Å²) in [5.74, 6) is 1.43. The van der Waals surface area contributed by atoms with Gasteiger partial charge in [0.1, 0.15) is 5.75 Å². The van der Waals surface area contributed by atoms with Gasteiger partial charge in [0.15, 0.2) is 5.96 Å². The van der Waals surface area contributed by atoms with E-state index in [1.165, 1.54) is 0 Å². The van der Waals surface area contributed by atoms with Crippen molar-refractivity contribution in [1.29, 1.82) is 0 Å². The van der Waals surface area contributed by atoms with Crippen LogP contribution in [0.4, 0.5) is 0 Å². The van der Waals surface area contributed by atoms with Crippen molar-refractivity contribution < 1.29 is 9.53 Å². The standard InChI is InChI=1S/C17H25ClN4O2.HI/c1-3-19-17(21-12-16(23)22-8-4-5-9-22)20-11-13-6-7-14(18)10-15(13)24-2;/h6-7,10H,3-5,8-9,11-12H2,1-2H3,(H2,19,20,21);1H. The highest BCUT2D eigenvalue weighted by Gasteiger charge is 2.17. The molecule has 6 nitrogen and oxygen atoms in total. The molecule has 0 saturated carbocycles. The molecular formula is C17H26ClIN4O2. The van der Waals surface area contributed by atoms with Crippen molar-refractivity contribution in [3.63, 3.8) is 0 Å². The molecule has 0 atom stereocenters. The highest BCUT2D eigenvalue weighted by Crippen LogP contribution is 2.23. The number of likely N-dealkylation sites (tertiary alicyclic amines) is 1. The van der Waals surface area contributed by atoms with Gasteiger partial charge in [0.2, 0.25) is 5.91 Å². The molecule has 0 aromatic heterocycles. The third-order valence-electron chi connectivity index (χ3n) is 3.87. The maximum Gasteiger partial charge on any atom is 0.241 e. The third kappa shape index (κ3) is 6.89. The van der Waals surface area contributed by atoms with E-state index in [1.807, 2.05) is 24.0 Å². The fraction of sp³-hybridized carbons (Fsp3) is 0.529. The average molecular weight is 481 g/mol. The van der Waals surface area contributed by atoms with Crippen molar-refractivity contribution in [2.45, 2.75) is 26.3 Å². The number of nitrogens with one attached hydrogen (secondary N) is 2. The molecule has 1 aliphatic rings. The molecule has 1 aliphatic heterocycles. The minimum atomic E-state index is 0. The highest BCUT2D eigenvalue weighted by molar-refractivity contribution is 14.0. The molecule has 1 fully saturated rings. The normalized spacial score (nSPS) is 14.0. The van der Waals surface area contributed by atoms with E-state index >= 15 is 0 Å². The number of hydrogen-bond acceptors (Lipinski definition) is 3. The lowest BCUT2D eigenvalue weighted by molar-refractivity contribution is -0.128. The zero-order valence-electron chi connectivity index (χ0n) is 14.7. The summed E-state index contributed by atoms with van der Waals surface area (Å²) < 4.78 is 5.33. The van der Waals surface area contributed by atoms with Crippen LogP contribution in [-0.4, -0.2) is 50.1 Å². The predicted molar refractivity (Wildman–Crippen MR) is 112 cm³/mol. The van der Waals surface area contributed by atoms with E-state index in [4.69, 9.17) is 16.3 Å². The van der Waals surface area contributed by atoms with Gasteiger partial charge in [-0.05, 0) is 31.9 Å². The number of hydrogen-bond donors (Lipinski definition) is 2. The second kappa shape index (κ2) is 11.4. The Kier molecular flexibility index (Phi) is 9.96. The molecule has 1 amide bonds. The van der Waals surface area contributed by atoms with Gasteiger partial charge < -0.3 is 20.3 Å². The van der Waals surface area contributed by atoms with E-state index in [9.17, 15) is 4.79 Å². The summed E-state index contributed by atoms with van der Waals surface area (Å²) in [6.07, 6.45) is 2.19. The van der Waals surface area contributed by atoms with Crippen LogP contribution in [0.25, 0.3) is 0 Å². The van der Waals surface area contributed by atoms with E-state index in [0.29, 0.717) is 23.3 Å². The van der Waals surface area contributed by atoms with Gasteiger partial charge in [0.05, 0.1) is 20.2 Å². The summed E-state index contributed by atoms with van der Waals surface area (Å²) in [6.45, 7) is 5.12. The molecule has 1 heterocycles. The van der Waals surface area contributed by atoms with E-state index in [1.54, 1.807) is 13.2 Å². The Morgan fingerprint density at radius 1 is 1.32 bits per heavy atom. The van der Waals surface area contributed by atoms with Gasteiger partial charge >= 0.3 is 0 Å². The zero-order valence-corrected chi connectivity index (χ0v) is 17.8. The minimum Gasteiger partial charge on any atom is -0.496 e. The molecule has 1 aromatic carbocycles. The number of aliphatic imine (C=N–C) groups is 1. The van der Waals surface area contributed by atoms with E-state index in [0.717, 1.165) is 38.0 Å². The van der Waals surface area contributed by atoms with Gasteiger partial charge in [-0.25, -0.2) is 4.99 Å². The van der Waals surface area contributed by atoms with Crippen molar-refractivity contribution in [2.75, 3.05) is 33.3 Å². The monoisotopic (exact) mass is 480 g/mol. The number of carbonyl (C=O) groups is 1. The van der Waals surface area contributed by atoms with E-state index in [-0.39, 0.29) is 36.4 Å². The molecule has 140 valence electrons. The van der Waals surface area contributed by atoms with Crippen LogP contribution >= 0.6 is 35.6 Å². The second-order valence-electron chi connectivity index (χ2n) is 5.59. The first-order valence-electron chi connectivity index (χ1n) is 8.26. The first-order valence-corrected chi connectivity index (χ1v) is 8.64. The van der Waals surface area contributed by atoms with Gasteiger partial charge in [-0.1, -0.05) is 17.7 Å². The Labute approximate surface area is 171 Å². The summed E-state index contributed by atoms with van der Waals surface area (Å²) in [5, 5.41) is 6.87.